The second-order valence-electron chi connectivity index (χ2n) is 6.24. The van der Waals surface area contributed by atoms with E-state index in [1.807, 2.05) is 50.4 Å². The third-order valence-corrected chi connectivity index (χ3v) is 5.59. The van der Waals surface area contributed by atoms with Crippen LogP contribution < -0.4 is 11.1 Å². The lowest BCUT2D eigenvalue weighted by Crippen LogP contribution is -2.22. The van der Waals surface area contributed by atoms with Crippen LogP contribution in [0.15, 0.2) is 42.7 Å². The van der Waals surface area contributed by atoms with E-state index in [-0.39, 0.29) is 5.91 Å². The smallest absolute Gasteiger partial charge is 0.263 e. The maximum absolute atomic E-state index is 12.6. The summed E-state index contributed by atoms with van der Waals surface area (Å²) in [6.07, 6.45) is 3.62. The van der Waals surface area contributed by atoms with Crippen molar-refractivity contribution in [1.82, 2.24) is 25.3 Å². The number of aromatic nitrogens is 4. The summed E-state index contributed by atoms with van der Waals surface area (Å²) in [6.45, 7) is 4.24. The number of thiophene rings is 1. The van der Waals surface area contributed by atoms with E-state index >= 15 is 0 Å². The lowest BCUT2D eigenvalue weighted by Gasteiger charge is -2.06. The number of aryl methyl sites for hydroxylation is 2. The normalized spacial score (nSPS) is 11.0. The molecule has 4 aromatic rings. The van der Waals surface area contributed by atoms with E-state index in [1.54, 1.807) is 10.9 Å². The van der Waals surface area contributed by atoms with Crippen LogP contribution in [0.2, 0.25) is 0 Å². The Balaban J connectivity index is 1.50. The van der Waals surface area contributed by atoms with Crippen molar-refractivity contribution >= 4 is 33.1 Å². The van der Waals surface area contributed by atoms with Crippen LogP contribution in [-0.4, -0.2) is 25.9 Å². The maximum atomic E-state index is 12.6. The highest BCUT2D eigenvalue weighted by atomic mass is 32.1. The summed E-state index contributed by atoms with van der Waals surface area (Å²) in [6, 6.07) is 9.72. The Morgan fingerprint density at radius 3 is 2.70 bits per heavy atom. The molecule has 8 heteroatoms. The van der Waals surface area contributed by atoms with Crippen molar-refractivity contribution in [3.8, 4) is 5.69 Å². The van der Waals surface area contributed by atoms with E-state index in [1.165, 1.54) is 11.3 Å². The van der Waals surface area contributed by atoms with Gasteiger partial charge in [0.15, 0.2) is 0 Å². The Labute approximate surface area is 159 Å². The van der Waals surface area contributed by atoms with Gasteiger partial charge < -0.3 is 11.1 Å². The van der Waals surface area contributed by atoms with E-state index in [2.05, 4.69) is 20.6 Å². The van der Waals surface area contributed by atoms with Crippen LogP contribution in [0.4, 0.5) is 5.69 Å². The van der Waals surface area contributed by atoms with Crippen molar-refractivity contribution in [3.63, 3.8) is 0 Å². The molecule has 4 rings (SSSR count). The topological polar surface area (TPSA) is 98.7 Å². The minimum absolute atomic E-state index is 0.205. The SMILES string of the molecule is Cc1nnc2sc(C(=O)NCc3ccc(-n4cccn4)cc3)c(N)c2c1C. The van der Waals surface area contributed by atoms with Gasteiger partial charge in [0, 0.05) is 24.3 Å². The number of nitrogens with zero attached hydrogens (tertiary/aromatic N) is 4. The first-order valence-corrected chi connectivity index (χ1v) is 9.25. The van der Waals surface area contributed by atoms with Crippen LogP contribution in [0.3, 0.4) is 0 Å². The molecular weight excluding hydrogens is 360 g/mol. The molecule has 0 fully saturated rings. The monoisotopic (exact) mass is 378 g/mol. The van der Waals surface area contributed by atoms with E-state index in [0.717, 1.165) is 27.9 Å². The van der Waals surface area contributed by atoms with Gasteiger partial charge in [-0.2, -0.15) is 10.2 Å². The highest BCUT2D eigenvalue weighted by Gasteiger charge is 2.19. The molecular formula is C19H18N6OS. The van der Waals surface area contributed by atoms with Gasteiger partial charge in [0.05, 0.1) is 17.1 Å². The van der Waals surface area contributed by atoms with Gasteiger partial charge >= 0.3 is 0 Å². The number of fused-ring (bicyclic) bond motifs is 1. The number of nitrogens with two attached hydrogens (primary N) is 1. The molecule has 0 aliphatic carbocycles. The van der Waals surface area contributed by atoms with Crippen LogP contribution in [0.5, 0.6) is 0 Å². The van der Waals surface area contributed by atoms with Crippen LogP contribution in [0.25, 0.3) is 15.9 Å². The number of benzene rings is 1. The predicted molar refractivity (Wildman–Crippen MR) is 106 cm³/mol. The summed E-state index contributed by atoms with van der Waals surface area (Å²) in [7, 11) is 0. The molecule has 136 valence electrons. The highest BCUT2D eigenvalue weighted by molar-refractivity contribution is 7.21. The van der Waals surface area contributed by atoms with Gasteiger partial charge in [0.25, 0.3) is 5.91 Å². The first-order chi connectivity index (χ1) is 13.0. The number of nitrogens with one attached hydrogen (secondary N) is 1. The lowest BCUT2D eigenvalue weighted by molar-refractivity contribution is 0.0956. The molecule has 27 heavy (non-hydrogen) atoms. The average molecular weight is 378 g/mol. The number of carbonyl (C=O) groups is 1. The van der Waals surface area contributed by atoms with Gasteiger partial charge in [-0.05, 0) is 43.2 Å². The molecule has 0 saturated heterocycles. The molecule has 0 radical (unpaired) electrons. The molecule has 3 heterocycles. The summed E-state index contributed by atoms with van der Waals surface area (Å²) in [5, 5.41) is 16.2. The summed E-state index contributed by atoms with van der Waals surface area (Å²) < 4.78 is 1.78. The van der Waals surface area contributed by atoms with Gasteiger partial charge in [0.2, 0.25) is 0 Å². The number of amides is 1. The quantitative estimate of drug-likeness (QED) is 0.569. The summed E-state index contributed by atoms with van der Waals surface area (Å²) in [5.74, 6) is -0.205. The third-order valence-electron chi connectivity index (χ3n) is 4.50. The van der Waals surface area contributed by atoms with E-state index in [0.29, 0.717) is 21.9 Å². The fraction of sp³-hybridized carbons (Fsp3) is 0.158. The maximum Gasteiger partial charge on any atom is 0.263 e. The predicted octanol–water partition coefficient (Wildman–Crippen LogP) is 3.01. The minimum Gasteiger partial charge on any atom is -0.397 e. The first-order valence-electron chi connectivity index (χ1n) is 8.43. The molecule has 0 atom stereocenters. The van der Waals surface area contributed by atoms with Crippen LogP contribution in [0.1, 0.15) is 26.5 Å². The Morgan fingerprint density at radius 1 is 1.22 bits per heavy atom. The van der Waals surface area contributed by atoms with E-state index in [4.69, 9.17) is 5.73 Å². The molecule has 1 aromatic carbocycles. The van der Waals surface area contributed by atoms with Crippen LogP contribution >= 0.6 is 11.3 Å². The molecule has 1 amide bonds. The van der Waals surface area contributed by atoms with Crippen LogP contribution in [0, 0.1) is 13.8 Å². The van der Waals surface area contributed by atoms with Crippen LogP contribution in [-0.2, 0) is 6.54 Å². The molecule has 0 aliphatic rings. The molecule has 3 aromatic heterocycles. The number of rotatable bonds is 4. The zero-order chi connectivity index (χ0) is 19.0. The van der Waals surface area contributed by atoms with Crippen molar-refractivity contribution < 1.29 is 4.79 Å². The molecule has 0 spiro atoms. The highest BCUT2D eigenvalue weighted by Crippen LogP contribution is 2.34. The van der Waals surface area contributed by atoms with Crippen molar-refractivity contribution in [2.45, 2.75) is 20.4 Å². The number of anilines is 1. The largest absolute Gasteiger partial charge is 0.397 e. The number of carbonyl (C=O) groups excluding carboxylic acids is 1. The zero-order valence-corrected chi connectivity index (χ0v) is 15.7. The zero-order valence-electron chi connectivity index (χ0n) is 14.9. The van der Waals surface area contributed by atoms with Gasteiger partial charge in [-0.1, -0.05) is 12.1 Å². The minimum atomic E-state index is -0.205. The van der Waals surface area contributed by atoms with Crippen molar-refractivity contribution in [3.05, 3.63) is 64.4 Å². The van der Waals surface area contributed by atoms with Crippen molar-refractivity contribution in [2.24, 2.45) is 0 Å². The summed E-state index contributed by atoms with van der Waals surface area (Å²) in [5.41, 5.74) is 10.4. The fourth-order valence-electron chi connectivity index (χ4n) is 2.86. The fourth-order valence-corrected chi connectivity index (χ4v) is 3.88. The molecule has 0 saturated carbocycles. The first kappa shape index (κ1) is 17.2. The second kappa shape index (κ2) is 6.81. The van der Waals surface area contributed by atoms with E-state index < -0.39 is 0 Å². The van der Waals surface area contributed by atoms with Crippen molar-refractivity contribution in [2.75, 3.05) is 5.73 Å². The number of nitrogen functional groups attached to an aromatic ring is 1. The molecule has 0 bridgehead atoms. The second-order valence-corrected chi connectivity index (χ2v) is 7.23. The Kier molecular flexibility index (Phi) is 4.33. The molecule has 0 aliphatic heterocycles. The number of hydrogen-bond donors (Lipinski definition) is 2. The van der Waals surface area contributed by atoms with Gasteiger partial charge in [-0.3, -0.25) is 4.79 Å². The average Bonchev–Trinajstić information content (AvgIpc) is 3.32. The molecule has 7 nitrogen and oxygen atoms in total. The standard InChI is InChI=1S/C19H18N6OS/c1-11-12(2)23-24-19-15(11)16(20)17(27-19)18(26)21-10-13-4-6-14(7-5-13)25-9-3-8-22-25/h3-9H,10,20H2,1-2H3,(H,21,26). The number of hydrogen-bond acceptors (Lipinski definition) is 6. The summed E-state index contributed by atoms with van der Waals surface area (Å²) >= 11 is 1.27. The molecule has 0 unspecified atom stereocenters. The Bertz CT molecular complexity index is 1120. The van der Waals surface area contributed by atoms with Gasteiger partial charge in [-0.25, -0.2) is 4.68 Å². The van der Waals surface area contributed by atoms with E-state index in [9.17, 15) is 4.79 Å². The molecule has 3 N–H and O–H groups in total. The van der Waals surface area contributed by atoms with Gasteiger partial charge in [-0.15, -0.1) is 16.4 Å². The lowest BCUT2D eigenvalue weighted by atomic mass is 10.1. The van der Waals surface area contributed by atoms with Gasteiger partial charge in [0.1, 0.15) is 9.71 Å². The third kappa shape index (κ3) is 3.15. The summed E-state index contributed by atoms with van der Waals surface area (Å²) in [4.78, 5) is 13.8. The Morgan fingerprint density at radius 2 is 2.00 bits per heavy atom. The van der Waals surface area contributed by atoms with Crippen molar-refractivity contribution in [1.29, 1.82) is 0 Å². The Hall–Kier alpha value is -3.26.